The van der Waals surface area contributed by atoms with Gasteiger partial charge >= 0.3 is 12.0 Å². The third-order valence-corrected chi connectivity index (χ3v) is 5.44. The molecular formula is C21H18Br2N2O6. The highest BCUT2D eigenvalue weighted by Gasteiger charge is 2.35. The average Bonchev–Trinajstić information content (AvgIpc) is 2.97. The Morgan fingerprint density at radius 3 is 2.45 bits per heavy atom. The minimum Gasteiger partial charge on any atom is -0.490 e. The van der Waals surface area contributed by atoms with Crippen molar-refractivity contribution in [3.8, 4) is 11.5 Å². The van der Waals surface area contributed by atoms with Crippen LogP contribution in [0.15, 0.2) is 51.0 Å². The van der Waals surface area contributed by atoms with E-state index in [0.29, 0.717) is 39.6 Å². The number of carboxylic acids is 1. The first kappa shape index (κ1) is 22.8. The van der Waals surface area contributed by atoms with Crippen molar-refractivity contribution in [2.24, 2.45) is 0 Å². The Kier molecular flexibility index (Phi) is 7.34. The monoisotopic (exact) mass is 552 g/mol. The summed E-state index contributed by atoms with van der Waals surface area (Å²) in [5.74, 6) is -1.02. The molecule has 3 rings (SSSR count). The fourth-order valence-electron chi connectivity index (χ4n) is 2.79. The number of carboxylic acid groups (broad SMARTS) is 1. The van der Waals surface area contributed by atoms with Crippen LogP contribution in [0.2, 0.25) is 0 Å². The maximum absolute atomic E-state index is 12.4. The van der Waals surface area contributed by atoms with Crippen molar-refractivity contribution in [1.82, 2.24) is 10.2 Å². The smallest absolute Gasteiger partial charge is 0.329 e. The second-order valence-electron chi connectivity index (χ2n) is 6.44. The van der Waals surface area contributed by atoms with Gasteiger partial charge in [0.2, 0.25) is 0 Å². The van der Waals surface area contributed by atoms with Gasteiger partial charge in [0.15, 0.2) is 11.5 Å². The Bertz CT molecular complexity index is 1050. The van der Waals surface area contributed by atoms with Gasteiger partial charge in [0.1, 0.15) is 18.8 Å². The molecule has 0 bridgehead atoms. The fraction of sp³-hybridized carbons (Fsp3) is 0.190. The topological polar surface area (TPSA) is 105 Å². The summed E-state index contributed by atoms with van der Waals surface area (Å²) in [4.78, 5) is 35.8. The molecule has 0 spiro atoms. The number of nitrogens with one attached hydrogen (secondary N) is 1. The summed E-state index contributed by atoms with van der Waals surface area (Å²) in [5, 5.41) is 11.3. The highest BCUT2D eigenvalue weighted by molar-refractivity contribution is 9.10. The lowest BCUT2D eigenvalue weighted by Gasteiger charge is -2.14. The molecule has 8 nitrogen and oxygen atoms in total. The number of carbonyl (C=O) groups excluding carboxylic acids is 2. The van der Waals surface area contributed by atoms with Crippen LogP contribution in [-0.4, -0.2) is 41.1 Å². The Labute approximate surface area is 195 Å². The van der Waals surface area contributed by atoms with Gasteiger partial charge in [0.05, 0.1) is 6.61 Å². The number of halogens is 2. The van der Waals surface area contributed by atoms with E-state index in [2.05, 4.69) is 37.2 Å². The molecular weight excluding hydrogens is 536 g/mol. The number of benzene rings is 2. The minimum atomic E-state index is -1.28. The molecule has 10 heteroatoms. The normalized spacial score (nSPS) is 14.7. The van der Waals surface area contributed by atoms with E-state index in [9.17, 15) is 14.4 Å². The van der Waals surface area contributed by atoms with Crippen molar-refractivity contribution < 1.29 is 29.0 Å². The summed E-state index contributed by atoms with van der Waals surface area (Å²) in [6.07, 6.45) is 1.45. The zero-order chi connectivity index (χ0) is 22.5. The Balaban J connectivity index is 1.85. The highest BCUT2D eigenvalue weighted by Crippen LogP contribution is 2.35. The molecule has 1 fully saturated rings. The zero-order valence-corrected chi connectivity index (χ0v) is 19.5. The van der Waals surface area contributed by atoms with Crippen molar-refractivity contribution in [2.45, 2.75) is 13.5 Å². The quantitative estimate of drug-likeness (QED) is 0.375. The van der Waals surface area contributed by atoms with Crippen LogP contribution in [0.4, 0.5) is 4.79 Å². The summed E-state index contributed by atoms with van der Waals surface area (Å²) in [7, 11) is 0. The second kappa shape index (κ2) is 9.97. The van der Waals surface area contributed by atoms with Crippen LogP contribution in [0.25, 0.3) is 6.08 Å². The Morgan fingerprint density at radius 2 is 1.81 bits per heavy atom. The predicted octanol–water partition coefficient (Wildman–Crippen LogP) is 4.17. The largest absolute Gasteiger partial charge is 0.490 e. The van der Waals surface area contributed by atoms with Crippen molar-refractivity contribution in [1.29, 1.82) is 0 Å². The molecule has 1 heterocycles. The minimum absolute atomic E-state index is 0.0297. The van der Waals surface area contributed by atoms with Gasteiger partial charge in [-0.2, -0.15) is 0 Å². The summed E-state index contributed by atoms with van der Waals surface area (Å²) in [6, 6.07) is 10.3. The number of rotatable bonds is 8. The first-order valence-corrected chi connectivity index (χ1v) is 10.8. The standard InChI is InChI=1S/C21H18Br2N2O6/c1-2-30-17-8-13(7-16-20(28)25(10-19(26)27)21(29)24-16)15(23)9-18(17)31-11-12-3-5-14(22)6-4-12/h3-9H,2,10-11H2,1H3,(H,24,29)(H,26,27)/b16-7+. The summed E-state index contributed by atoms with van der Waals surface area (Å²) in [5.41, 5.74) is 1.50. The molecule has 0 aliphatic carbocycles. The predicted molar refractivity (Wildman–Crippen MR) is 120 cm³/mol. The van der Waals surface area contributed by atoms with Gasteiger partial charge in [0.25, 0.3) is 5.91 Å². The number of urea groups is 1. The third-order valence-electron chi connectivity index (χ3n) is 4.23. The van der Waals surface area contributed by atoms with Gasteiger partial charge in [-0.15, -0.1) is 0 Å². The molecule has 0 unspecified atom stereocenters. The molecule has 0 radical (unpaired) electrons. The molecule has 31 heavy (non-hydrogen) atoms. The first-order valence-electron chi connectivity index (χ1n) is 9.18. The molecule has 0 saturated carbocycles. The van der Waals surface area contributed by atoms with Gasteiger partial charge in [-0.3, -0.25) is 9.59 Å². The number of hydrogen-bond acceptors (Lipinski definition) is 5. The van der Waals surface area contributed by atoms with Crippen molar-refractivity contribution >= 4 is 55.8 Å². The lowest BCUT2D eigenvalue weighted by Crippen LogP contribution is -2.35. The molecule has 1 aliphatic heterocycles. The molecule has 2 aromatic carbocycles. The van der Waals surface area contributed by atoms with E-state index >= 15 is 0 Å². The molecule has 0 atom stereocenters. The van der Waals surface area contributed by atoms with Crippen LogP contribution >= 0.6 is 31.9 Å². The molecule has 162 valence electrons. The van der Waals surface area contributed by atoms with E-state index in [4.69, 9.17) is 14.6 Å². The average molecular weight is 554 g/mol. The van der Waals surface area contributed by atoms with E-state index in [-0.39, 0.29) is 5.70 Å². The maximum atomic E-state index is 12.4. The number of amides is 3. The molecule has 2 N–H and O–H groups in total. The summed E-state index contributed by atoms with van der Waals surface area (Å²) >= 11 is 6.84. The molecule has 1 aliphatic rings. The second-order valence-corrected chi connectivity index (χ2v) is 8.21. The van der Waals surface area contributed by atoms with E-state index in [0.717, 1.165) is 10.0 Å². The number of hydrogen-bond donors (Lipinski definition) is 2. The van der Waals surface area contributed by atoms with E-state index in [1.807, 2.05) is 31.2 Å². The van der Waals surface area contributed by atoms with Crippen molar-refractivity contribution in [3.05, 3.63) is 62.2 Å². The Morgan fingerprint density at radius 1 is 1.13 bits per heavy atom. The first-order chi connectivity index (χ1) is 14.8. The third kappa shape index (κ3) is 5.65. The van der Waals surface area contributed by atoms with Crippen LogP contribution in [0.1, 0.15) is 18.1 Å². The number of carbonyl (C=O) groups is 3. The van der Waals surface area contributed by atoms with Gasteiger partial charge in [-0.25, -0.2) is 9.69 Å². The lowest BCUT2D eigenvalue weighted by atomic mass is 10.1. The van der Waals surface area contributed by atoms with Crippen LogP contribution in [-0.2, 0) is 16.2 Å². The van der Waals surface area contributed by atoms with E-state index < -0.39 is 24.5 Å². The van der Waals surface area contributed by atoms with Crippen LogP contribution < -0.4 is 14.8 Å². The maximum Gasteiger partial charge on any atom is 0.329 e. The Hall–Kier alpha value is -2.85. The highest BCUT2D eigenvalue weighted by atomic mass is 79.9. The van der Waals surface area contributed by atoms with Gasteiger partial charge in [-0.1, -0.05) is 44.0 Å². The van der Waals surface area contributed by atoms with E-state index in [1.165, 1.54) is 6.08 Å². The van der Waals surface area contributed by atoms with Crippen LogP contribution in [0.5, 0.6) is 11.5 Å². The molecule has 2 aromatic rings. The number of ether oxygens (including phenoxy) is 2. The molecule has 0 aromatic heterocycles. The molecule has 3 amide bonds. The van der Waals surface area contributed by atoms with Crippen LogP contribution in [0, 0.1) is 0 Å². The van der Waals surface area contributed by atoms with Gasteiger partial charge in [-0.05, 0) is 48.4 Å². The van der Waals surface area contributed by atoms with Crippen molar-refractivity contribution in [2.75, 3.05) is 13.2 Å². The molecule has 1 saturated heterocycles. The SMILES string of the molecule is CCOc1cc(/C=C2/NC(=O)N(CC(=O)O)C2=O)c(Br)cc1OCc1ccc(Br)cc1. The van der Waals surface area contributed by atoms with Gasteiger partial charge < -0.3 is 19.9 Å². The number of nitrogens with zero attached hydrogens (tertiary/aromatic N) is 1. The number of aliphatic carboxylic acids is 1. The summed E-state index contributed by atoms with van der Waals surface area (Å²) in [6.45, 7) is 1.85. The summed E-state index contributed by atoms with van der Waals surface area (Å²) < 4.78 is 13.2. The van der Waals surface area contributed by atoms with Gasteiger partial charge in [0, 0.05) is 8.95 Å². The van der Waals surface area contributed by atoms with Crippen molar-refractivity contribution in [3.63, 3.8) is 0 Å². The van der Waals surface area contributed by atoms with Crippen LogP contribution in [0.3, 0.4) is 0 Å². The lowest BCUT2D eigenvalue weighted by molar-refractivity contribution is -0.140. The zero-order valence-electron chi connectivity index (χ0n) is 16.4. The van der Waals surface area contributed by atoms with E-state index in [1.54, 1.807) is 12.1 Å². The fourth-order valence-corrected chi connectivity index (χ4v) is 3.49. The number of imide groups is 1.